The molecule has 1 fully saturated rings. The van der Waals surface area contributed by atoms with Crippen molar-refractivity contribution in [2.24, 2.45) is 5.92 Å². The molecular formula is C24H31N3O2. The molecule has 2 aromatic carbocycles. The molecule has 1 amide bonds. The molecule has 0 bridgehead atoms. The summed E-state index contributed by atoms with van der Waals surface area (Å²) in [6.45, 7) is 9.43. The summed E-state index contributed by atoms with van der Waals surface area (Å²) >= 11 is 0. The van der Waals surface area contributed by atoms with E-state index in [2.05, 4.69) is 66.5 Å². The van der Waals surface area contributed by atoms with Crippen molar-refractivity contribution in [3.8, 4) is 0 Å². The number of rotatable bonds is 4. The molecule has 0 aromatic heterocycles. The predicted molar refractivity (Wildman–Crippen MR) is 119 cm³/mol. The van der Waals surface area contributed by atoms with Gasteiger partial charge in [0.05, 0.1) is 19.3 Å². The zero-order valence-electron chi connectivity index (χ0n) is 17.6. The largest absolute Gasteiger partial charge is 0.378 e. The maximum absolute atomic E-state index is 12.6. The first-order valence-corrected chi connectivity index (χ1v) is 10.7. The first kappa shape index (κ1) is 19.8. The molecule has 2 unspecified atom stereocenters. The average molecular weight is 394 g/mol. The number of nitrogens with one attached hydrogen (secondary N) is 1. The van der Waals surface area contributed by atoms with Gasteiger partial charge >= 0.3 is 0 Å². The van der Waals surface area contributed by atoms with Crippen LogP contribution >= 0.6 is 0 Å². The third kappa shape index (κ3) is 3.84. The quantitative estimate of drug-likeness (QED) is 0.833. The summed E-state index contributed by atoms with van der Waals surface area (Å²) < 4.78 is 5.52. The van der Waals surface area contributed by atoms with Gasteiger partial charge in [0.2, 0.25) is 5.91 Å². The van der Waals surface area contributed by atoms with Crippen LogP contribution in [0.25, 0.3) is 0 Å². The molecule has 2 heterocycles. The Bertz CT molecular complexity index is 848. The molecule has 1 N–H and O–H groups in total. The Labute approximate surface area is 173 Å². The summed E-state index contributed by atoms with van der Waals surface area (Å²) in [5, 5.41) is 3.76. The van der Waals surface area contributed by atoms with Crippen LogP contribution in [0.1, 0.15) is 38.8 Å². The van der Waals surface area contributed by atoms with Gasteiger partial charge in [0.1, 0.15) is 0 Å². The second kappa shape index (κ2) is 8.46. The van der Waals surface area contributed by atoms with Crippen LogP contribution in [0.15, 0.2) is 48.5 Å². The van der Waals surface area contributed by atoms with Crippen LogP contribution in [-0.4, -0.2) is 38.3 Å². The summed E-state index contributed by atoms with van der Waals surface area (Å²) in [5.74, 6) is 0.402. The monoisotopic (exact) mass is 393 g/mol. The summed E-state index contributed by atoms with van der Waals surface area (Å²) in [5.41, 5.74) is 4.55. The number of carbonyl (C=O) groups is 1. The lowest BCUT2D eigenvalue weighted by atomic mass is 9.80. The summed E-state index contributed by atoms with van der Waals surface area (Å²) in [7, 11) is 0. The van der Waals surface area contributed by atoms with Gasteiger partial charge in [0.15, 0.2) is 0 Å². The fourth-order valence-electron chi connectivity index (χ4n) is 4.83. The van der Waals surface area contributed by atoms with E-state index in [0.717, 1.165) is 44.1 Å². The number of anilines is 3. The van der Waals surface area contributed by atoms with Crippen molar-refractivity contribution in [3.63, 3.8) is 0 Å². The Morgan fingerprint density at radius 3 is 2.52 bits per heavy atom. The molecule has 0 radical (unpaired) electrons. The van der Waals surface area contributed by atoms with Crippen LogP contribution in [0.5, 0.6) is 0 Å². The van der Waals surface area contributed by atoms with Crippen LogP contribution in [-0.2, 0) is 9.53 Å². The highest BCUT2D eigenvalue weighted by Crippen LogP contribution is 2.45. The molecule has 5 nitrogen and oxygen atoms in total. The second-order valence-corrected chi connectivity index (χ2v) is 8.05. The molecule has 0 saturated carbocycles. The second-order valence-electron chi connectivity index (χ2n) is 8.05. The van der Waals surface area contributed by atoms with E-state index in [-0.39, 0.29) is 23.9 Å². The predicted octanol–water partition coefficient (Wildman–Crippen LogP) is 4.46. The lowest BCUT2D eigenvalue weighted by Crippen LogP contribution is -2.49. The highest BCUT2D eigenvalue weighted by atomic mass is 16.5. The average Bonchev–Trinajstić information content (AvgIpc) is 2.76. The number of fused-ring (bicyclic) bond motifs is 1. The third-order valence-electron chi connectivity index (χ3n) is 6.30. The van der Waals surface area contributed by atoms with Crippen molar-refractivity contribution in [1.82, 2.24) is 0 Å². The summed E-state index contributed by atoms with van der Waals surface area (Å²) in [6.07, 6.45) is 0.929. The van der Waals surface area contributed by atoms with Gasteiger partial charge < -0.3 is 19.9 Å². The SMILES string of the molecule is CCC1[C@H](C)C(Nc2ccccc2)c2cc(N3CCOCC3)ccc2N1C(C)=O. The summed E-state index contributed by atoms with van der Waals surface area (Å²) in [6, 6.07) is 17.3. The molecule has 4 rings (SSSR count). The third-order valence-corrected chi connectivity index (χ3v) is 6.30. The molecule has 1 saturated heterocycles. The topological polar surface area (TPSA) is 44.8 Å². The highest BCUT2D eigenvalue weighted by Gasteiger charge is 2.39. The summed E-state index contributed by atoms with van der Waals surface area (Å²) in [4.78, 5) is 17.0. The molecule has 29 heavy (non-hydrogen) atoms. The zero-order chi connectivity index (χ0) is 20.4. The molecule has 2 aliphatic heterocycles. The van der Waals surface area contributed by atoms with Crippen molar-refractivity contribution < 1.29 is 9.53 Å². The van der Waals surface area contributed by atoms with Crippen molar-refractivity contribution >= 4 is 23.0 Å². The number of carbonyl (C=O) groups excluding carboxylic acids is 1. The molecule has 154 valence electrons. The van der Waals surface area contributed by atoms with E-state index in [4.69, 9.17) is 4.74 Å². The van der Waals surface area contributed by atoms with Crippen molar-refractivity contribution in [3.05, 3.63) is 54.1 Å². The van der Waals surface area contributed by atoms with E-state index in [0.29, 0.717) is 0 Å². The van der Waals surface area contributed by atoms with E-state index < -0.39 is 0 Å². The normalized spacial score (nSPS) is 24.2. The minimum Gasteiger partial charge on any atom is -0.378 e. The first-order chi connectivity index (χ1) is 14.1. The van der Waals surface area contributed by atoms with E-state index in [9.17, 15) is 4.79 Å². The van der Waals surface area contributed by atoms with Crippen LogP contribution in [0.4, 0.5) is 17.1 Å². The number of nitrogens with zero attached hydrogens (tertiary/aromatic N) is 2. The molecule has 3 atom stereocenters. The molecular weight excluding hydrogens is 362 g/mol. The number of hydrogen-bond donors (Lipinski definition) is 1. The molecule has 2 aromatic rings. The van der Waals surface area contributed by atoms with E-state index in [1.54, 1.807) is 6.92 Å². The maximum atomic E-state index is 12.6. The Morgan fingerprint density at radius 1 is 1.14 bits per heavy atom. The molecule has 2 aliphatic rings. The van der Waals surface area contributed by atoms with Gasteiger partial charge in [-0.2, -0.15) is 0 Å². The standard InChI is InChI=1S/C24H31N3O2/c1-4-22-17(2)24(25-19-8-6-5-7-9-19)21-16-20(26-12-14-29-15-13-26)10-11-23(21)27(22)18(3)28/h5-11,16-17,22,24-25H,4,12-15H2,1-3H3/t17-,22?,24?/m0/s1. The number of para-hydroxylation sites is 1. The van der Waals surface area contributed by atoms with E-state index in [1.807, 2.05) is 11.0 Å². The number of hydrogen-bond acceptors (Lipinski definition) is 4. The Hall–Kier alpha value is -2.53. The van der Waals surface area contributed by atoms with E-state index >= 15 is 0 Å². The Kier molecular flexibility index (Phi) is 5.76. The molecule has 0 spiro atoms. The van der Waals surface area contributed by atoms with Crippen LogP contribution < -0.4 is 15.1 Å². The fourth-order valence-corrected chi connectivity index (χ4v) is 4.83. The van der Waals surface area contributed by atoms with Crippen LogP contribution in [0.3, 0.4) is 0 Å². The van der Waals surface area contributed by atoms with Crippen molar-refractivity contribution in [2.75, 3.05) is 41.4 Å². The fraction of sp³-hybridized carbons (Fsp3) is 0.458. The molecule has 5 heteroatoms. The molecule has 0 aliphatic carbocycles. The number of ether oxygens (including phenoxy) is 1. The van der Waals surface area contributed by atoms with Gasteiger partial charge in [-0.05, 0) is 36.8 Å². The zero-order valence-corrected chi connectivity index (χ0v) is 17.6. The number of morpholine rings is 1. The minimum atomic E-state index is 0.113. The lowest BCUT2D eigenvalue weighted by Gasteiger charge is -2.46. The lowest BCUT2D eigenvalue weighted by molar-refractivity contribution is -0.117. The first-order valence-electron chi connectivity index (χ1n) is 10.7. The van der Waals surface area contributed by atoms with Gasteiger partial charge in [0, 0.05) is 54.6 Å². The van der Waals surface area contributed by atoms with Crippen molar-refractivity contribution in [1.29, 1.82) is 0 Å². The Morgan fingerprint density at radius 2 is 1.86 bits per heavy atom. The van der Waals surface area contributed by atoms with Crippen molar-refractivity contribution in [2.45, 2.75) is 39.3 Å². The Balaban J connectivity index is 1.78. The highest BCUT2D eigenvalue weighted by molar-refractivity contribution is 5.94. The minimum absolute atomic E-state index is 0.113. The van der Waals surface area contributed by atoms with Gasteiger partial charge in [-0.1, -0.05) is 32.0 Å². The maximum Gasteiger partial charge on any atom is 0.224 e. The van der Waals surface area contributed by atoms with E-state index in [1.165, 1.54) is 11.3 Å². The number of benzene rings is 2. The van der Waals surface area contributed by atoms with Gasteiger partial charge in [-0.15, -0.1) is 0 Å². The van der Waals surface area contributed by atoms with Gasteiger partial charge in [-0.3, -0.25) is 4.79 Å². The van der Waals surface area contributed by atoms with Crippen LogP contribution in [0.2, 0.25) is 0 Å². The van der Waals surface area contributed by atoms with Gasteiger partial charge in [-0.25, -0.2) is 0 Å². The van der Waals surface area contributed by atoms with Gasteiger partial charge in [0.25, 0.3) is 0 Å². The number of amides is 1. The van der Waals surface area contributed by atoms with Crippen LogP contribution in [0, 0.1) is 5.92 Å². The smallest absolute Gasteiger partial charge is 0.224 e.